The lowest BCUT2D eigenvalue weighted by atomic mass is 10.1. The molecule has 96 valence electrons. The van der Waals surface area contributed by atoms with E-state index in [2.05, 4.69) is 10.1 Å². The molecule has 5 heteroatoms. The van der Waals surface area contributed by atoms with E-state index in [1.54, 1.807) is 23.8 Å². The third kappa shape index (κ3) is 2.22. The summed E-state index contributed by atoms with van der Waals surface area (Å²) in [4.78, 5) is 4.45. The topological polar surface area (TPSA) is 59.7 Å². The van der Waals surface area contributed by atoms with E-state index in [1.807, 2.05) is 30.3 Å². The minimum absolute atomic E-state index is 0.258. The maximum Gasteiger partial charge on any atom is 0.216 e. The molecule has 0 unspecified atom stereocenters. The third-order valence-corrected chi connectivity index (χ3v) is 2.88. The number of methoxy groups -OCH3 is 1. The maximum absolute atomic E-state index is 9.25. The number of aromatic nitrogens is 3. The van der Waals surface area contributed by atoms with Crippen LogP contribution in [0.5, 0.6) is 11.6 Å². The summed E-state index contributed by atoms with van der Waals surface area (Å²) in [5.74, 6) is 1.63. The lowest BCUT2D eigenvalue weighted by Crippen LogP contribution is -1.96. The van der Waals surface area contributed by atoms with Gasteiger partial charge in [0.1, 0.15) is 5.75 Å². The van der Waals surface area contributed by atoms with Gasteiger partial charge in [-0.2, -0.15) is 4.52 Å². The molecule has 0 amide bonds. The third-order valence-electron chi connectivity index (χ3n) is 2.88. The molecule has 2 heterocycles. The number of phenols is 1. The number of fused-ring (bicyclic) bond motifs is 1. The van der Waals surface area contributed by atoms with Crippen LogP contribution in [0.2, 0.25) is 0 Å². The van der Waals surface area contributed by atoms with Crippen molar-refractivity contribution in [2.24, 2.45) is 0 Å². The lowest BCUT2D eigenvalue weighted by molar-refractivity contribution is 0.385. The van der Waals surface area contributed by atoms with Crippen molar-refractivity contribution in [3.63, 3.8) is 0 Å². The number of benzene rings is 1. The lowest BCUT2D eigenvalue weighted by Gasteiger charge is -2.00. The van der Waals surface area contributed by atoms with Gasteiger partial charge in [0.2, 0.25) is 5.88 Å². The average molecular weight is 255 g/mol. The molecule has 2 aromatic heterocycles. The second-order valence-electron chi connectivity index (χ2n) is 4.21. The predicted octanol–water partition coefficient (Wildman–Crippen LogP) is 2.03. The number of ether oxygens (including phenoxy) is 1. The van der Waals surface area contributed by atoms with Gasteiger partial charge in [0.05, 0.1) is 7.11 Å². The zero-order chi connectivity index (χ0) is 13.2. The molecule has 0 atom stereocenters. The van der Waals surface area contributed by atoms with Crippen LogP contribution in [0.4, 0.5) is 0 Å². The molecule has 19 heavy (non-hydrogen) atoms. The summed E-state index contributed by atoms with van der Waals surface area (Å²) in [6.07, 6.45) is 0.616. The Labute approximate surface area is 110 Å². The fraction of sp³-hybridized carbons (Fsp3) is 0.143. The number of rotatable bonds is 3. The van der Waals surface area contributed by atoms with Crippen LogP contribution in [0.1, 0.15) is 11.4 Å². The molecule has 0 saturated heterocycles. The molecule has 3 rings (SSSR count). The average Bonchev–Trinajstić information content (AvgIpc) is 2.83. The van der Waals surface area contributed by atoms with Crippen molar-refractivity contribution in [2.45, 2.75) is 6.42 Å². The summed E-state index contributed by atoms with van der Waals surface area (Å²) < 4.78 is 6.91. The van der Waals surface area contributed by atoms with E-state index in [4.69, 9.17) is 4.74 Å². The second kappa shape index (κ2) is 4.61. The van der Waals surface area contributed by atoms with E-state index >= 15 is 0 Å². The molecule has 0 radical (unpaired) electrons. The van der Waals surface area contributed by atoms with Gasteiger partial charge >= 0.3 is 0 Å². The second-order valence-corrected chi connectivity index (χ2v) is 4.21. The molecule has 0 aliphatic carbocycles. The van der Waals surface area contributed by atoms with Crippen LogP contribution in [0.3, 0.4) is 0 Å². The Morgan fingerprint density at radius 2 is 1.95 bits per heavy atom. The first-order chi connectivity index (χ1) is 9.26. The highest BCUT2D eigenvalue weighted by molar-refractivity contribution is 5.41. The van der Waals surface area contributed by atoms with Gasteiger partial charge in [-0.15, -0.1) is 5.10 Å². The quantitative estimate of drug-likeness (QED) is 0.778. The highest BCUT2D eigenvalue weighted by atomic mass is 16.5. The van der Waals surface area contributed by atoms with E-state index in [1.165, 1.54) is 0 Å². The van der Waals surface area contributed by atoms with Gasteiger partial charge in [-0.1, -0.05) is 18.2 Å². The van der Waals surface area contributed by atoms with Crippen LogP contribution in [0, 0.1) is 0 Å². The fourth-order valence-electron chi connectivity index (χ4n) is 1.95. The zero-order valence-corrected chi connectivity index (χ0v) is 10.4. The van der Waals surface area contributed by atoms with Crippen LogP contribution in [0.15, 0.2) is 42.5 Å². The zero-order valence-electron chi connectivity index (χ0n) is 10.4. The molecule has 0 spiro atoms. The molecular formula is C14H13N3O2. The minimum Gasteiger partial charge on any atom is -0.508 e. The molecule has 0 aliphatic heterocycles. The molecule has 0 saturated carbocycles. The predicted molar refractivity (Wildman–Crippen MR) is 70.5 cm³/mol. The number of pyridine rings is 1. The van der Waals surface area contributed by atoms with Gasteiger partial charge in [-0.25, -0.2) is 4.98 Å². The highest BCUT2D eigenvalue weighted by Crippen LogP contribution is 2.15. The van der Waals surface area contributed by atoms with E-state index in [0.717, 1.165) is 17.0 Å². The van der Waals surface area contributed by atoms with Crippen LogP contribution >= 0.6 is 0 Å². The molecule has 0 aliphatic rings. The number of hydrogen-bond donors (Lipinski definition) is 1. The summed E-state index contributed by atoms with van der Waals surface area (Å²) >= 11 is 0. The Hall–Kier alpha value is -2.56. The number of phenolic OH excluding ortho intramolecular Hbond substituents is 1. The first kappa shape index (κ1) is 11.5. The molecule has 1 N–H and O–H groups in total. The summed E-state index contributed by atoms with van der Waals surface area (Å²) in [5, 5.41) is 13.7. The number of hydrogen-bond acceptors (Lipinski definition) is 4. The standard InChI is InChI=1S/C14H13N3O2/c1-19-14-4-2-3-13-15-12(16-17(13)14)9-10-5-7-11(18)8-6-10/h2-8,18H,9H2,1H3. The van der Waals surface area contributed by atoms with Crippen molar-refractivity contribution in [1.82, 2.24) is 14.6 Å². The largest absolute Gasteiger partial charge is 0.508 e. The maximum atomic E-state index is 9.25. The van der Waals surface area contributed by atoms with Gasteiger partial charge in [0.15, 0.2) is 11.5 Å². The number of nitrogens with zero attached hydrogens (tertiary/aromatic N) is 3. The Balaban J connectivity index is 1.95. The Morgan fingerprint density at radius 1 is 1.16 bits per heavy atom. The van der Waals surface area contributed by atoms with Crippen LogP contribution < -0.4 is 4.74 Å². The summed E-state index contributed by atoms with van der Waals surface area (Å²) in [6.45, 7) is 0. The summed E-state index contributed by atoms with van der Waals surface area (Å²) in [5.41, 5.74) is 1.81. The molecular weight excluding hydrogens is 242 g/mol. The van der Waals surface area contributed by atoms with Crippen molar-refractivity contribution in [3.8, 4) is 11.6 Å². The first-order valence-electron chi connectivity index (χ1n) is 5.93. The van der Waals surface area contributed by atoms with Crippen LogP contribution in [-0.2, 0) is 6.42 Å². The van der Waals surface area contributed by atoms with Gasteiger partial charge in [-0.05, 0) is 23.8 Å². The number of aromatic hydroxyl groups is 1. The minimum atomic E-state index is 0.258. The van der Waals surface area contributed by atoms with Gasteiger partial charge < -0.3 is 9.84 Å². The van der Waals surface area contributed by atoms with E-state index in [9.17, 15) is 5.11 Å². The van der Waals surface area contributed by atoms with Crippen molar-refractivity contribution < 1.29 is 9.84 Å². The molecule has 0 bridgehead atoms. The summed E-state index contributed by atoms with van der Waals surface area (Å²) in [7, 11) is 1.61. The Kier molecular flexibility index (Phi) is 2.79. The highest BCUT2D eigenvalue weighted by Gasteiger charge is 2.07. The van der Waals surface area contributed by atoms with Crippen molar-refractivity contribution >= 4 is 5.65 Å². The van der Waals surface area contributed by atoms with Crippen molar-refractivity contribution in [1.29, 1.82) is 0 Å². The molecule has 1 aromatic carbocycles. The molecule has 5 nitrogen and oxygen atoms in total. The Bertz CT molecular complexity index is 704. The van der Waals surface area contributed by atoms with Gasteiger partial charge in [0, 0.05) is 12.5 Å². The van der Waals surface area contributed by atoms with E-state index in [-0.39, 0.29) is 5.75 Å². The van der Waals surface area contributed by atoms with Crippen LogP contribution in [-0.4, -0.2) is 26.8 Å². The first-order valence-corrected chi connectivity index (χ1v) is 5.93. The van der Waals surface area contributed by atoms with Crippen molar-refractivity contribution in [3.05, 3.63) is 53.9 Å². The van der Waals surface area contributed by atoms with Crippen LogP contribution in [0.25, 0.3) is 5.65 Å². The van der Waals surface area contributed by atoms with E-state index in [0.29, 0.717) is 12.3 Å². The van der Waals surface area contributed by atoms with Gasteiger partial charge in [0.25, 0.3) is 0 Å². The monoisotopic (exact) mass is 255 g/mol. The SMILES string of the molecule is COc1cccc2nc(Cc3ccc(O)cc3)nn12. The summed E-state index contributed by atoms with van der Waals surface area (Å²) in [6, 6.07) is 12.6. The Morgan fingerprint density at radius 3 is 2.68 bits per heavy atom. The molecule has 0 fully saturated rings. The van der Waals surface area contributed by atoms with Crippen molar-refractivity contribution in [2.75, 3.05) is 7.11 Å². The van der Waals surface area contributed by atoms with Gasteiger partial charge in [-0.3, -0.25) is 0 Å². The fourth-order valence-corrected chi connectivity index (χ4v) is 1.95. The van der Waals surface area contributed by atoms with E-state index < -0.39 is 0 Å². The molecule has 3 aromatic rings. The smallest absolute Gasteiger partial charge is 0.216 e. The normalized spacial score (nSPS) is 10.8.